The summed E-state index contributed by atoms with van der Waals surface area (Å²) in [6.45, 7) is 1.52. The highest BCUT2D eigenvalue weighted by Crippen LogP contribution is 2.28. The van der Waals surface area contributed by atoms with Crippen LogP contribution in [0, 0.1) is 5.82 Å². The van der Waals surface area contributed by atoms with E-state index in [1.807, 2.05) is 35.9 Å². The average molecular weight is 312 g/mol. The first-order valence-corrected chi connectivity index (χ1v) is 7.97. The van der Waals surface area contributed by atoms with Crippen LogP contribution in [0.15, 0.2) is 42.6 Å². The second kappa shape index (κ2) is 5.78. The molecule has 0 bridgehead atoms. The third-order valence-corrected chi connectivity index (χ3v) is 4.46. The predicted octanol–water partition coefficient (Wildman–Crippen LogP) is 3.51. The summed E-state index contributed by atoms with van der Waals surface area (Å²) in [6.07, 6.45) is 4.13. The number of aromatic nitrogens is 1. The van der Waals surface area contributed by atoms with Crippen LogP contribution in [-0.4, -0.2) is 19.3 Å². The number of benzene rings is 2. The summed E-state index contributed by atoms with van der Waals surface area (Å²) >= 11 is 0. The topological polar surface area (TPSA) is 22.3 Å². The third-order valence-electron chi connectivity index (χ3n) is 4.46. The molecule has 0 atom stereocenters. The molecule has 0 spiro atoms. The van der Waals surface area contributed by atoms with Crippen molar-refractivity contribution in [3.05, 3.63) is 48.4 Å². The molecule has 118 valence electrons. The lowest BCUT2D eigenvalue weighted by molar-refractivity contribution is -0.643. The minimum absolute atomic E-state index is 0.215. The number of rotatable bonds is 2. The molecule has 1 aliphatic rings. The van der Waals surface area contributed by atoms with E-state index in [1.165, 1.54) is 6.07 Å². The Balaban J connectivity index is 1.77. The lowest BCUT2D eigenvalue weighted by atomic mass is 10.1. The number of ether oxygens (including phenoxy) is 2. The second-order valence-electron chi connectivity index (χ2n) is 6.08. The largest absolute Gasteiger partial charge is 0.490 e. The molecule has 0 aliphatic carbocycles. The van der Waals surface area contributed by atoms with Gasteiger partial charge in [0.25, 0.3) is 0 Å². The van der Waals surface area contributed by atoms with Crippen molar-refractivity contribution in [3.63, 3.8) is 0 Å². The quantitative estimate of drug-likeness (QED) is 0.534. The van der Waals surface area contributed by atoms with Crippen LogP contribution in [0.5, 0.6) is 5.75 Å². The highest BCUT2D eigenvalue weighted by molar-refractivity contribution is 6.04. The molecule has 2 aromatic carbocycles. The van der Waals surface area contributed by atoms with E-state index in [0.717, 1.165) is 53.5 Å². The SMILES string of the molecule is C[n+]1cc2cc(OC3CCOCC3)ccc2c2cc(F)ccc21. The van der Waals surface area contributed by atoms with Crippen LogP contribution in [0.2, 0.25) is 0 Å². The molecule has 3 aromatic rings. The zero-order chi connectivity index (χ0) is 15.8. The normalized spacial score (nSPS) is 16.1. The van der Waals surface area contributed by atoms with Gasteiger partial charge in [-0.1, -0.05) is 0 Å². The van der Waals surface area contributed by atoms with Gasteiger partial charge in [-0.15, -0.1) is 0 Å². The molecule has 0 radical (unpaired) electrons. The number of halogens is 1. The Morgan fingerprint density at radius 2 is 1.91 bits per heavy atom. The van der Waals surface area contributed by atoms with Crippen molar-refractivity contribution in [2.75, 3.05) is 13.2 Å². The van der Waals surface area contributed by atoms with E-state index in [1.54, 1.807) is 6.07 Å². The van der Waals surface area contributed by atoms with Crippen molar-refractivity contribution in [2.45, 2.75) is 18.9 Å². The maximum Gasteiger partial charge on any atom is 0.213 e. The predicted molar refractivity (Wildman–Crippen MR) is 87.1 cm³/mol. The van der Waals surface area contributed by atoms with Gasteiger partial charge in [-0.25, -0.2) is 8.96 Å². The van der Waals surface area contributed by atoms with Gasteiger partial charge in [0.2, 0.25) is 5.52 Å². The zero-order valence-electron chi connectivity index (χ0n) is 13.1. The molecule has 1 fully saturated rings. The molecule has 0 N–H and O–H groups in total. The number of hydrogen-bond donors (Lipinski definition) is 0. The number of pyridine rings is 1. The van der Waals surface area contributed by atoms with Gasteiger partial charge in [-0.2, -0.15) is 0 Å². The van der Waals surface area contributed by atoms with E-state index in [0.29, 0.717) is 0 Å². The first kappa shape index (κ1) is 14.4. The van der Waals surface area contributed by atoms with Gasteiger partial charge in [0.15, 0.2) is 6.20 Å². The molecule has 1 aliphatic heterocycles. The maximum atomic E-state index is 13.6. The van der Waals surface area contributed by atoms with Gasteiger partial charge < -0.3 is 9.47 Å². The van der Waals surface area contributed by atoms with E-state index in [2.05, 4.69) is 6.20 Å². The molecule has 23 heavy (non-hydrogen) atoms. The summed E-state index contributed by atoms with van der Waals surface area (Å²) < 4.78 is 27.1. The molecule has 0 saturated carbocycles. The van der Waals surface area contributed by atoms with E-state index in [-0.39, 0.29) is 11.9 Å². The van der Waals surface area contributed by atoms with E-state index in [4.69, 9.17) is 9.47 Å². The Kier molecular flexibility index (Phi) is 3.62. The van der Waals surface area contributed by atoms with Gasteiger partial charge in [-0.05, 0) is 30.3 Å². The molecule has 0 unspecified atom stereocenters. The molecule has 1 saturated heterocycles. The fraction of sp³-hybridized carbons (Fsp3) is 0.316. The summed E-state index contributed by atoms with van der Waals surface area (Å²) in [5, 5.41) is 3.01. The maximum absolute atomic E-state index is 13.6. The Hall–Kier alpha value is -2.20. The highest BCUT2D eigenvalue weighted by atomic mass is 19.1. The molecular weight excluding hydrogens is 293 g/mol. The molecule has 1 aromatic heterocycles. The number of nitrogens with zero attached hydrogens (tertiary/aromatic N) is 1. The highest BCUT2D eigenvalue weighted by Gasteiger charge is 2.16. The van der Waals surface area contributed by atoms with Crippen molar-refractivity contribution >= 4 is 21.7 Å². The summed E-state index contributed by atoms with van der Waals surface area (Å²) in [6, 6.07) is 10.9. The molecular formula is C19H19FNO2+. The average Bonchev–Trinajstić information content (AvgIpc) is 2.55. The molecule has 4 rings (SSSR count). The van der Waals surface area contributed by atoms with E-state index < -0.39 is 0 Å². The fourth-order valence-corrected chi connectivity index (χ4v) is 3.26. The van der Waals surface area contributed by atoms with Gasteiger partial charge in [0.1, 0.15) is 24.7 Å². The second-order valence-corrected chi connectivity index (χ2v) is 6.08. The molecule has 3 nitrogen and oxygen atoms in total. The van der Waals surface area contributed by atoms with Crippen LogP contribution in [-0.2, 0) is 11.8 Å². The third kappa shape index (κ3) is 2.75. The van der Waals surface area contributed by atoms with E-state index in [9.17, 15) is 4.39 Å². The molecule has 4 heteroatoms. The Labute approximate surface area is 134 Å². The van der Waals surface area contributed by atoms with Crippen LogP contribution in [0.4, 0.5) is 4.39 Å². The van der Waals surface area contributed by atoms with E-state index >= 15 is 0 Å². The van der Waals surface area contributed by atoms with Crippen LogP contribution < -0.4 is 9.30 Å². The summed E-state index contributed by atoms with van der Waals surface area (Å²) in [5.41, 5.74) is 1.01. The van der Waals surface area contributed by atoms with Gasteiger partial charge in [0, 0.05) is 24.3 Å². The summed E-state index contributed by atoms with van der Waals surface area (Å²) in [4.78, 5) is 0. The monoisotopic (exact) mass is 312 g/mol. The number of hydrogen-bond acceptors (Lipinski definition) is 2. The van der Waals surface area contributed by atoms with Crippen LogP contribution >= 0.6 is 0 Å². The Morgan fingerprint density at radius 1 is 1.09 bits per heavy atom. The van der Waals surface area contributed by atoms with Crippen molar-refractivity contribution in [1.82, 2.24) is 0 Å². The standard InChI is InChI=1S/C19H19FNO2/c1-21-12-13-10-16(23-15-6-8-22-9-7-15)3-4-17(13)18-11-14(20)2-5-19(18)21/h2-5,10-12,15H,6-9H2,1H3/q+1. The smallest absolute Gasteiger partial charge is 0.213 e. The first-order valence-electron chi connectivity index (χ1n) is 7.97. The van der Waals surface area contributed by atoms with Crippen molar-refractivity contribution in [3.8, 4) is 5.75 Å². The van der Waals surface area contributed by atoms with Crippen molar-refractivity contribution in [1.29, 1.82) is 0 Å². The first-order chi connectivity index (χ1) is 11.2. The summed E-state index contributed by atoms with van der Waals surface area (Å²) in [5.74, 6) is 0.646. The van der Waals surface area contributed by atoms with Gasteiger partial charge in [-0.3, -0.25) is 0 Å². The Bertz CT molecular complexity index is 872. The van der Waals surface area contributed by atoms with Crippen molar-refractivity contribution in [2.24, 2.45) is 7.05 Å². The van der Waals surface area contributed by atoms with Crippen LogP contribution in [0.3, 0.4) is 0 Å². The van der Waals surface area contributed by atoms with Crippen LogP contribution in [0.1, 0.15) is 12.8 Å². The fourth-order valence-electron chi connectivity index (χ4n) is 3.26. The Morgan fingerprint density at radius 3 is 2.74 bits per heavy atom. The van der Waals surface area contributed by atoms with Crippen LogP contribution in [0.25, 0.3) is 21.7 Å². The lowest BCUT2D eigenvalue weighted by Crippen LogP contribution is -2.28. The number of fused-ring (bicyclic) bond motifs is 3. The van der Waals surface area contributed by atoms with Crippen molar-refractivity contribution < 1.29 is 18.4 Å². The lowest BCUT2D eigenvalue weighted by Gasteiger charge is -2.23. The molecule has 2 heterocycles. The zero-order valence-corrected chi connectivity index (χ0v) is 13.1. The molecule has 0 amide bonds. The minimum Gasteiger partial charge on any atom is -0.490 e. The summed E-state index contributed by atoms with van der Waals surface area (Å²) in [7, 11) is 1.98. The minimum atomic E-state index is -0.215. The van der Waals surface area contributed by atoms with Gasteiger partial charge >= 0.3 is 0 Å². The van der Waals surface area contributed by atoms with Gasteiger partial charge in [0.05, 0.1) is 24.0 Å². The number of aryl methyl sites for hydroxylation is 1.